The average molecular weight is 193 g/mol. The molecule has 0 aliphatic heterocycles. The minimum Gasteiger partial charge on any atom is -0.395 e. The van der Waals surface area contributed by atoms with Crippen molar-refractivity contribution in [3.8, 4) is 11.8 Å². The molecule has 0 aromatic carbocycles. The van der Waals surface area contributed by atoms with Crippen LogP contribution in [0, 0.1) is 18.8 Å². The van der Waals surface area contributed by atoms with Crippen LogP contribution >= 0.6 is 0 Å². The first-order chi connectivity index (χ1) is 6.31. The van der Waals surface area contributed by atoms with Gasteiger partial charge in [0.05, 0.1) is 11.4 Å². The van der Waals surface area contributed by atoms with Crippen molar-refractivity contribution in [3.05, 3.63) is 11.4 Å². The largest absolute Gasteiger partial charge is 0.395 e. The van der Waals surface area contributed by atoms with Crippen LogP contribution in [-0.2, 0) is 7.05 Å². The SMILES string of the molecule is Cc1nn(C)c(C#CC(C)(C)O)c1N. The molecule has 1 aromatic rings. The average Bonchev–Trinajstić information content (AvgIpc) is 2.23. The monoisotopic (exact) mass is 193 g/mol. The fourth-order valence-corrected chi connectivity index (χ4v) is 1.03. The number of aliphatic hydroxyl groups is 1. The second-order valence-electron chi connectivity index (χ2n) is 3.78. The second-order valence-corrected chi connectivity index (χ2v) is 3.78. The number of rotatable bonds is 0. The topological polar surface area (TPSA) is 64.1 Å². The number of anilines is 1. The van der Waals surface area contributed by atoms with Gasteiger partial charge in [-0.3, -0.25) is 4.68 Å². The fraction of sp³-hybridized carbons (Fsp3) is 0.500. The lowest BCUT2D eigenvalue weighted by Crippen LogP contribution is -2.14. The molecule has 0 fully saturated rings. The molecule has 0 amide bonds. The van der Waals surface area contributed by atoms with Gasteiger partial charge < -0.3 is 10.8 Å². The fourth-order valence-electron chi connectivity index (χ4n) is 1.03. The molecular weight excluding hydrogens is 178 g/mol. The third kappa shape index (κ3) is 2.27. The van der Waals surface area contributed by atoms with Gasteiger partial charge in [0.25, 0.3) is 0 Å². The van der Waals surface area contributed by atoms with Crippen molar-refractivity contribution in [3.63, 3.8) is 0 Å². The van der Waals surface area contributed by atoms with E-state index in [-0.39, 0.29) is 0 Å². The van der Waals surface area contributed by atoms with Crippen LogP contribution in [0.2, 0.25) is 0 Å². The van der Waals surface area contributed by atoms with E-state index in [0.717, 1.165) is 5.69 Å². The molecule has 0 radical (unpaired) electrons. The Morgan fingerprint density at radius 2 is 2.07 bits per heavy atom. The van der Waals surface area contributed by atoms with Gasteiger partial charge in [-0.25, -0.2) is 0 Å². The van der Waals surface area contributed by atoms with Crippen LogP contribution in [0.4, 0.5) is 5.69 Å². The molecule has 1 aromatic heterocycles. The van der Waals surface area contributed by atoms with Gasteiger partial charge in [0.1, 0.15) is 11.3 Å². The first kappa shape index (κ1) is 10.6. The maximum atomic E-state index is 9.42. The van der Waals surface area contributed by atoms with Crippen molar-refractivity contribution >= 4 is 5.69 Å². The minimum atomic E-state index is -1.01. The van der Waals surface area contributed by atoms with Crippen molar-refractivity contribution in [1.29, 1.82) is 0 Å². The van der Waals surface area contributed by atoms with Gasteiger partial charge in [0, 0.05) is 7.05 Å². The highest BCUT2D eigenvalue weighted by Crippen LogP contribution is 2.13. The summed E-state index contributed by atoms with van der Waals surface area (Å²) < 4.78 is 1.61. The molecule has 0 saturated heterocycles. The maximum Gasteiger partial charge on any atom is 0.134 e. The van der Waals surface area contributed by atoms with Crippen molar-refractivity contribution < 1.29 is 5.11 Å². The van der Waals surface area contributed by atoms with E-state index < -0.39 is 5.60 Å². The lowest BCUT2D eigenvalue weighted by Gasteiger charge is -2.05. The smallest absolute Gasteiger partial charge is 0.134 e. The summed E-state index contributed by atoms with van der Waals surface area (Å²) in [5.74, 6) is 5.52. The van der Waals surface area contributed by atoms with Crippen molar-refractivity contribution in [1.82, 2.24) is 9.78 Å². The molecule has 1 heterocycles. The van der Waals surface area contributed by atoms with Gasteiger partial charge >= 0.3 is 0 Å². The lowest BCUT2D eigenvalue weighted by molar-refractivity contribution is 0.143. The van der Waals surface area contributed by atoms with E-state index in [0.29, 0.717) is 11.4 Å². The molecule has 0 atom stereocenters. The standard InChI is InChI=1S/C10H15N3O/c1-7-9(11)8(13(4)12-7)5-6-10(2,3)14/h14H,11H2,1-4H3. The number of nitrogen functional groups attached to an aromatic ring is 1. The molecule has 1 rings (SSSR count). The summed E-state index contributed by atoms with van der Waals surface area (Å²) in [6.07, 6.45) is 0. The molecule has 3 N–H and O–H groups in total. The van der Waals surface area contributed by atoms with Gasteiger partial charge in [-0.2, -0.15) is 5.10 Å². The summed E-state index contributed by atoms with van der Waals surface area (Å²) in [5.41, 5.74) is 6.73. The predicted octanol–water partition coefficient (Wildman–Crippen LogP) is 0.433. The zero-order valence-corrected chi connectivity index (χ0v) is 8.92. The highest BCUT2D eigenvalue weighted by Gasteiger charge is 2.09. The van der Waals surface area contributed by atoms with E-state index in [4.69, 9.17) is 5.73 Å². The first-order valence-corrected chi connectivity index (χ1v) is 4.36. The van der Waals surface area contributed by atoms with Gasteiger partial charge in [0.15, 0.2) is 0 Å². The summed E-state index contributed by atoms with van der Waals surface area (Å²) in [6, 6.07) is 0. The third-order valence-electron chi connectivity index (χ3n) is 1.76. The maximum absolute atomic E-state index is 9.42. The Hall–Kier alpha value is -1.47. The molecule has 0 spiro atoms. The van der Waals surface area contributed by atoms with Crippen LogP contribution in [0.1, 0.15) is 25.2 Å². The summed E-state index contributed by atoms with van der Waals surface area (Å²) >= 11 is 0. The van der Waals surface area contributed by atoms with Gasteiger partial charge in [-0.05, 0) is 26.7 Å². The van der Waals surface area contributed by atoms with E-state index in [2.05, 4.69) is 16.9 Å². The summed E-state index contributed by atoms with van der Waals surface area (Å²) in [5, 5.41) is 13.5. The molecule has 14 heavy (non-hydrogen) atoms. The van der Waals surface area contributed by atoms with Crippen LogP contribution in [0.5, 0.6) is 0 Å². The van der Waals surface area contributed by atoms with Crippen LogP contribution in [0.25, 0.3) is 0 Å². The molecule has 0 unspecified atom stereocenters. The number of aryl methyl sites for hydroxylation is 2. The lowest BCUT2D eigenvalue weighted by atomic mass is 10.1. The van der Waals surface area contributed by atoms with Crippen LogP contribution in [0.3, 0.4) is 0 Å². The quantitative estimate of drug-likeness (QED) is 0.587. The molecule has 0 saturated carbocycles. The molecule has 0 aliphatic rings. The van der Waals surface area contributed by atoms with E-state index in [1.807, 2.05) is 6.92 Å². The van der Waals surface area contributed by atoms with Gasteiger partial charge in [-0.1, -0.05) is 5.92 Å². The highest BCUT2D eigenvalue weighted by molar-refractivity contribution is 5.55. The Kier molecular flexibility index (Phi) is 2.54. The van der Waals surface area contributed by atoms with Crippen LogP contribution in [-0.4, -0.2) is 20.5 Å². The van der Waals surface area contributed by atoms with Gasteiger partial charge in [0.2, 0.25) is 0 Å². The minimum absolute atomic E-state index is 0.573. The van der Waals surface area contributed by atoms with Gasteiger partial charge in [-0.15, -0.1) is 0 Å². The summed E-state index contributed by atoms with van der Waals surface area (Å²) in [7, 11) is 1.78. The molecule has 0 bridgehead atoms. The summed E-state index contributed by atoms with van der Waals surface area (Å²) in [6.45, 7) is 5.07. The van der Waals surface area contributed by atoms with Crippen molar-refractivity contribution in [2.24, 2.45) is 7.05 Å². The number of hydrogen-bond acceptors (Lipinski definition) is 3. The first-order valence-electron chi connectivity index (χ1n) is 4.36. The normalized spacial score (nSPS) is 10.9. The summed E-state index contributed by atoms with van der Waals surface area (Å²) in [4.78, 5) is 0. The predicted molar refractivity (Wildman–Crippen MR) is 55.5 cm³/mol. The Morgan fingerprint density at radius 1 is 1.50 bits per heavy atom. The van der Waals surface area contributed by atoms with Crippen molar-refractivity contribution in [2.45, 2.75) is 26.4 Å². The van der Waals surface area contributed by atoms with Crippen LogP contribution < -0.4 is 5.73 Å². The van der Waals surface area contributed by atoms with E-state index in [1.54, 1.807) is 25.6 Å². The number of nitrogens with two attached hydrogens (primary N) is 1. The molecule has 4 heteroatoms. The highest BCUT2D eigenvalue weighted by atomic mass is 16.3. The zero-order valence-electron chi connectivity index (χ0n) is 8.92. The third-order valence-corrected chi connectivity index (χ3v) is 1.76. The molecule has 0 aliphatic carbocycles. The second kappa shape index (κ2) is 3.35. The van der Waals surface area contributed by atoms with Crippen molar-refractivity contribution in [2.75, 3.05) is 5.73 Å². The Labute approximate surface area is 83.7 Å². The zero-order chi connectivity index (χ0) is 10.9. The molecule has 76 valence electrons. The van der Waals surface area contributed by atoms with E-state index in [9.17, 15) is 5.11 Å². The Balaban J connectivity index is 3.13. The molecular formula is C10H15N3O. The number of nitrogens with zero attached hydrogens (tertiary/aromatic N) is 2. The number of hydrogen-bond donors (Lipinski definition) is 2. The van der Waals surface area contributed by atoms with E-state index in [1.165, 1.54) is 0 Å². The molecule has 4 nitrogen and oxygen atoms in total. The van der Waals surface area contributed by atoms with E-state index >= 15 is 0 Å². The Morgan fingerprint density at radius 3 is 2.43 bits per heavy atom. The van der Waals surface area contributed by atoms with Crippen LogP contribution in [0.15, 0.2) is 0 Å². The Bertz CT molecular complexity index is 401. The number of aromatic nitrogens is 2.